The van der Waals surface area contributed by atoms with Crippen molar-refractivity contribution in [3.8, 4) is 0 Å². The van der Waals surface area contributed by atoms with Crippen molar-refractivity contribution in [3.63, 3.8) is 0 Å². The Balaban J connectivity index is 0.980. The van der Waals surface area contributed by atoms with Crippen LogP contribution in [-0.4, -0.2) is 91.7 Å². The van der Waals surface area contributed by atoms with Gasteiger partial charge in [0.05, 0.1) is 26.4 Å². The number of alkyl carbamates (subject to hydrolysis) is 1. The Kier molecular flexibility index (Phi) is 18.1. The van der Waals surface area contributed by atoms with Gasteiger partial charge in [-0.3, -0.25) is 19.3 Å². The van der Waals surface area contributed by atoms with Crippen molar-refractivity contribution < 1.29 is 43.0 Å². The van der Waals surface area contributed by atoms with Gasteiger partial charge in [0.1, 0.15) is 28.8 Å². The summed E-state index contributed by atoms with van der Waals surface area (Å²) in [4.78, 5) is 89.6. The first-order valence-corrected chi connectivity index (χ1v) is 27.9. The topological polar surface area (TPSA) is 182 Å². The third-order valence-electron chi connectivity index (χ3n) is 11.1. The summed E-state index contributed by atoms with van der Waals surface area (Å²) in [6.45, 7) is 5.11. The predicted octanol–water partition coefficient (Wildman–Crippen LogP) is 10.6. The zero-order valence-electron chi connectivity index (χ0n) is 40.0. The summed E-state index contributed by atoms with van der Waals surface area (Å²) < 4.78 is 17.9. The average Bonchev–Trinajstić information content (AvgIpc) is 3.86. The van der Waals surface area contributed by atoms with Gasteiger partial charge in [-0.05, 0) is 61.2 Å². The van der Waals surface area contributed by atoms with E-state index in [9.17, 15) is 28.8 Å². The maximum Gasteiger partial charge on any atom is 0.408 e. The van der Waals surface area contributed by atoms with Crippen molar-refractivity contribution in [1.29, 1.82) is 0 Å². The summed E-state index contributed by atoms with van der Waals surface area (Å²) in [6.07, 6.45) is -0.926. The average molecular weight is 1110 g/mol. The summed E-state index contributed by atoms with van der Waals surface area (Å²) >= 11 is 17.0. The third kappa shape index (κ3) is 13.9. The van der Waals surface area contributed by atoms with E-state index in [1.54, 1.807) is 39.0 Å². The lowest BCUT2D eigenvalue weighted by molar-refractivity contribution is -0.154. The molecule has 0 saturated carbocycles. The molecule has 6 aromatic rings. The van der Waals surface area contributed by atoms with Crippen LogP contribution >= 0.6 is 69.8 Å². The summed E-state index contributed by atoms with van der Waals surface area (Å²) in [5.41, 5.74) is 2.48. The number of thioether (sulfide) groups is 3. The van der Waals surface area contributed by atoms with E-state index in [-0.39, 0.29) is 39.7 Å². The fourth-order valence-electron chi connectivity index (χ4n) is 7.77. The summed E-state index contributed by atoms with van der Waals surface area (Å²) in [5, 5.41) is 8.60. The van der Waals surface area contributed by atoms with Crippen LogP contribution in [0.15, 0.2) is 156 Å². The van der Waals surface area contributed by atoms with Crippen molar-refractivity contribution in [2.75, 3.05) is 28.3 Å². The molecule has 382 valence electrons. The number of nitrogens with zero attached hydrogens (tertiary/aromatic N) is 2. The number of carbonyl (C=O) groups excluding carboxylic acids is 6. The van der Waals surface area contributed by atoms with E-state index in [2.05, 4.69) is 20.9 Å². The largest absolute Gasteiger partial charge is 0.451 e. The fraction of sp³-hybridized carbons (Fsp3) is 0.241. The number of benzene rings is 5. The van der Waals surface area contributed by atoms with E-state index in [0.29, 0.717) is 31.6 Å². The van der Waals surface area contributed by atoms with Crippen LogP contribution in [0.2, 0.25) is 10.0 Å². The lowest BCUT2D eigenvalue weighted by Crippen LogP contribution is -2.70. The number of fused-ring (bicyclic) bond motifs is 1. The number of thiazole rings is 1. The lowest BCUT2D eigenvalue weighted by atomic mass is 10.0. The van der Waals surface area contributed by atoms with Crippen molar-refractivity contribution in [1.82, 2.24) is 20.5 Å². The molecular weight excluding hydrogens is 1060 g/mol. The van der Waals surface area contributed by atoms with Gasteiger partial charge < -0.3 is 30.2 Å². The molecule has 20 heteroatoms. The van der Waals surface area contributed by atoms with Crippen LogP contribution in [-0.2, 0) is 38.2 Å². The predicted molar refractivity (Wildman–Crippen MR) is 292 cm³/mol. The van der Waals surface area contributed by atoms with Gasteiger partial charge in [-0.1, -0.05) is 156 Å². The number of carbonyl (C=O) groups is 6. The highest BCUT2D eigenvalue weighted by Crippen LogP contribution is 2.46. The van der Waals surface area contributed by atoms with Crippen LogP contribution < -0.4 is 16.0 Å². The molecule has 1 aromatic heterocycles. The quantitative estimate of drug-likeness (QED) is 0.0302. The number of hydrogen-bond donors (Lipinski definition) is 3. The smallest absolute Gasteiger partial charge is 0.408 e. The van der Waals surface area contributed by atoms with Crippen molar-refractivity contribution in [3.05, 3.63) is 189 Å². The number of β-lactam (4-membered cyclic amide) rings is 1. The maximum absolute atomic E-state index is 14.7. The van der Waals surface area contributed by atoms with Gasteiger partial charge in [-0.15, -0.1) is 35.3 Å². The molecule has 0 spiro atoms. The second-order valence-electron chi connectivity index (χ2n) is 17.7. The SMILES string of the molecule is CC(C)(C)OC(=O)NC(CSCC(=O)Nc1ncc(C2=C(C(=O)OC(c3ccccc3)c3ccccc3)N3C(=O)C(NC(=O)CSc4ccc(Cl)c(Cl)c4)C3SC2)s1)C(=O)OC(c1ccccc1)c1ccccc1. The van der Waals surface area contributed by atoms with Gasteiger partial charge in [0.15, 0.2) is 17.3 Å². The van der Waals surface area contributed by atoms with Crippen LogP contribution in [0, 0.1) is 0 Å². The number of esters is 2. The molecule has 74 heavy (non-hydrogen) atoms. The number of nitrogens with one attached hydrogen (secondary N) is 3. The van der Waals surface area contributed by atoms with Gasteiger partial charge in [0.25, 0.3) is 5.91 Å². The van der Waals surface area contributed by atoms with Crippen molar-refractivity contribution in [2.45, 2.75) is 60.9 Å². The molecule has 1 saturated heterocycles. The van der Waals surface area contributed by atoms with Crippen LogP contribution in [0.5, 0.6) is 0 Å². The molecule has 3 atom stereocenters. The van der Waals surface area contributed by atoms with Crippen LogP contribution in [0.25, 0.3) is 5.57 Å². The number of rotatable bonds is 19. The molecular formula is C54H49Cl2N5O9S4. The molecule has 3 unspecified atom stereocenters. The molecule has 4 amide bonds. The zero-order valence-corrected chi connectivity index (χ0v) is 44.8. The van der Waals surface area contributed by atoms with E-state index < -0.39 is 65.1 Å². The number of amides is 4. The molecule has 2 aliphatic rings. The van der Waals surface area contributed by atoms with E-state index in [0.717, 1.165) is 39.1 Å². The first-order chi connectivity index (χ1) is 35.6. The lowest BCUT2D eigenvalue weighted by Gasteiger charge is -2.49. The molecule has 1 fully saturated rings. The maximum atomic E-state index is 14.7. The third-order valence-corrected chi connectivity index (χ3v) is 16.2. The summed E-state index contributed by atoms with van der Waals surface area (Å²) in [5.74, 6) is -2.79. The van der Waals surface area contributed by atoms with Crippen LogP contribution in [0.1, 0.15) is 60.1 Å². The number of ether oxygens (including phenoxy) is 3. The molecule has 0 radical (unpaired) electrons. The molecule has 2 aliphatic heterocycles. The molecule has 5 aromatic carbocycles. The second kappa shape index (κ2) is 24.8. The standard InChI is InChI=1S/C54H49Cl2N5O9S4/c1-54(2,3)70-53(67)58-40(50(65)68-46(32-16-8-4-9-17-32)33-18-10-5-11-19-33)29-71-30-42(62)60-52-57-27-41(74-52)37-28-73-49-44(59-43(63)31-72-36-24-25-38(55)39(56)26-36)48(64)61(49)45(37)51(66)69-47(34-20-12-6-13-21-34)35-22-14-7-15-23-35/h4-27,40,44,46-47,49H,28-31H2,1-3H3,(H,58,67)(H,59,63)(H,57,60,62). The van der Waals surface area contributed by atoms with E-state index in [4.69, 9.17) is 37.4 Å². The van der Waals surface area contributed by atoms with Gasteiger partial charge in [-0.2, -0.15) is 0 Å². The Bertz CT molecular complexity index is 2940. The Morgan fingerprint density at radius 1 is 0.757 bits per heavy atom. The van der Waals surface area contributed by atoms with E-state index in [1.165, 1.54) is 34.6 Å². The molecule has 3 N–H and O–H groups in total. The van der Waals surface area contributed by atoms with Gasteiger partial charge in [0.2, 0.25) is 11.8 Å². The monoisotopic (exact) mass is 1110 g/mol. The van der Waals surface area contributed by atoms with Crippen molar-refractivity contribution >= 4 is 116 Å². The first kappa shape index (κ1) is 54.0. The molecule has 3 heterocycles. The second-order valence-corrected chi connectivity index (χ2v) is 22.7. The highest BCUT2D eigenvalue weighted by Gasteiger charge is 2.55. The summed E-state index contributed by atoms with van der Waals surface area (Å²) in [6, 6.07) is 39.9. The Morgan fingerprint density at radius 3 is 1.88 bits per heavy atom. The molecule has 0 bridgehead atoms. The molecule has 0 aliphatic carbocycles. The number of hydrogen-bond acceptors (Lipinski definition) is 14. The van der Waals surface area contributed by atoms with Gasteiger partial charge >= 0.3 is 18.0 Å². The number of aromatic nitrogens is 1. The highest BCUT2D eigenvalue weighted by atomic mass is 35.5. The van der Waals surface area contributed by atoms with Gasteiger partial charge in [0, 0.05) is 28.2 Å². The van der Waals surface area contributed by atoms with Crippen molar-refractivity contribution in [2.24, 2.45) is 0 Å². The first-order valence-electron chi connectivity index (χ1n) is 23.1. The zero-order chi connectivity index (χ0) is 52.4. The minimum Gasteiger partial charge on any atom is -0.451 e. The Hall–Kier alpha value is -6.28. The van der Waals surface area contributed by atoms with E-state index in [1.807, 2.05) is 121 Å². The minimum atomic E-state index is -1.20. The molecule has 14 nitrogen and oxygen atoms in total. The number of halogens is 2. The normalized spacial score (nSPS) is 15.7. The summed E-state index contributed by atoms with van der Waals surface area (Å²) in [7, 11) is 0. The van der Waals surface area contributed by atoms with Gasteiger partial charge in [-0.25, -0.2) is 19.4 Å². The highest BCUT2D eigenvalue weighted by molar-refractivity contribution is 8.00. The van der Waals surface area contributed by atoms with E-state index >= 15 is 0 Å². The fourth-order valence-corrected chi connectivity index (χ4v) is 12.0. The molecule has 8 rings (SSSR count). The number of anilines is 1. The Morgan fingerprint density at radius 2 is 1.32 bits per heavy atom. The minimum absolute atomic E-state index is 0.000516. The Labute approximate surface area is 454 Å². The van der Waals surface area contributed by atoms with Crippen LogP contribution in [0.3, 0.4) is 0 Å². The van der Waals surface area contributed by atoms with Crippen LogP contribution in [0.4, 0.5) is 9.93 Å².